The average molecular weight is 401 g/mol. The third-order valence-electron chi connectivity index (χ3n) is 4.84. The van der Waals surface area contributed by atoms with Gasteiger partial charge in [-0.25, -0.2) is 9.97 Å². The van der Waals surface area contributed by atoms with Crippen molar-refractivity contribution in [3.05, 3.63) is 28.2 Å². The van der Waals surface area contributed by atoms with Gasteiger partial charge in [0.2, 0.25) is 11.9 Å². The predicted molar refractivity (Wildman–Crippen MR) is 108 cm³/mol. The number of nitrogens with one attached hydrogen (secondary N) is 3. The van der Waals surface area contributed by atoms with Crippen molar-refractivity contribution in [2.45, 2.75) is 25.2 Å². The van der Waals surface area contributed by atoms with E-state index in [2.05, 4.69) is 25.6 Å². The van der Waals surface area contributed by atoms with Crippen LogP contribution in [0.5, 0.6) is 11.5 Å². The number of ether oxygens (including phenoxy) is 2. The standard InChI is InChI=1S/C19H23N5O3S/c1-26-15-8-13-14(9-16(15)27-2)23-19(22-13)24-17(25)7-12-10-28-18(21-12)11-3-5-20-6-4-11/h8-11,20H,3-7H2,1-2H3,(H2,22,23,24,25). The highest BCUT2D eigenvalue weighted by Crippen LogP contribution is 2.32. The number of anilines is 1. The van der Waals surface area contributed by atoms with Gasteiger partial charge in [0.1, 0.15) is 0 Å². The summed E-state index contributed by atoms with van der Waals surface area (Å²) in [5.41, 5.74) is 2.25. The number of aromatic nitrogens is 3. The predicted octanol–water partition coefficient (Wildman–Crippen LogP) is 2.68. The van der Waals surface area contributed by atoms with Gasteiger partial charge in [-0.15, -0.1) is 11.3 Å². The van der Waals surface area contributed by atoms with Crippen LogP contribution in [0.1, 0.15) is 29.5 Å². The fourth-order valence-electron chi connectivity index (χ4n) is 3.40. The number of fused-ring (bicyclic) bond motifs is 1. The second kappa shape index (κ2) is 8.15. The summed E-state index contributed by atoms with van der Waals surface area (Å²) < 4.78 is 10.6. The zero-order valence-electron chi connectivity index (χ0n) is 15.9. The molecule has 1 aliphatic rings. The minimum atomic E-state index is -0.153. The van der Waals surface area contributed by atoms with Crippen LogP contribution in [0.3, 0.4) is 0 Å². The summed E-state index contributed by atoms with van der Waals surface area (Å²) in [6, 6.07) is 3.56. The first-order chi connectivity index (χ1) is 13.7. The molecule has 0 bridgehead atoms. The van der Waals surface area contributed by atoms with Crippen LogP contribution in [0.15, 0.2) is 17.5 Å². The molecule has 3 aromatic rings. The molecule has 1 aromatic carbocycles. The number of H-pyrrole nitrogens is 1. The van der Waals surface area contributed by atoms with Gasteiger partial charge in [-0.2, -0.15) is 0 Å². The number of thiazole rings is 1. The summed E-state index contributed by atoms with van der Waals surface area (Å²) in [5.74, 6) is 1.93. The molecule has 1 amide bonds. The van der Waals surface area contributed by atoms with Crippen molar-refractivity contribution < 1.29 is 14.3 Å². The van der Waals surface area contributed by atoms with E-state index in [-0.39, 0.29) is 12.3 Å². The van der Waals surface area contributed by atoms with Gasteiger partial charge < -0.3 is 19.8 Å². The second-order valence-corrected chi connectivity index (χ2v) is 7.63. The lowest BCUT2D eigenvalue weighted by molar-refractivity contribution is -0.115. The van der Waals surface area contributed by atoms with Crippen molar-refractivity contribution in [1.29, 1.82) is 0 Å². The number of hydrogen-bond acceptors (Lipinski definition) is 7. The lowest BCUT2D eigenvalue weighted by Crippen LogP contribution is -2.26. The topological polar surface area (TPSA) is 101 Å². The zero-order chi connectivity index (χ0) is 19.5. The molecule has 3 N–H and O–H groups in total. The Bertz CT molecular complexity index is 936. The van der Waals surface area contributed by atoms with Gasteiger partial charge in [0.25, 0.3) is 0 Å². The molecule has 148 valence electrons. The van der Waals surface area contributed by atoms with E-state index < -0.39 is 0 Å². The second-order valence-electron chi connectivity index (χ2n) is 6.74. The Hall–Kier alpha value is -2.65. The van der Waals surface area contributed by atoms with Crippen LogP contribution in [-0.4, -0.2) is 48.2 Å². The molecular formula is C19H23N5O3S. The fourth-order valence-corrected chi connectivity index (χ4v) is 4.39. The molecule has 4 rings (SSSR count). The highest BCUT2D eigenvalue weighted by atomic mass is 32.1. The molecule has 0 atom stereocenters. The molecule has 3 heterocycles. The Kier molecular flexibility index (Phi) is 5.45. The number of rotatable bonds is 6. The first-order valence-corrected chi connectivity index (χ1v) is 10.1. The molecule has 0 spiro atoms. The summed E-state index contributed by atoms with van der Waals surface area (Å²) in [6.07, 6.45) is 2.43. The van der Waals surface area contributed by atoms with Crippen molar-refractivity contribution >= 4 is 34.2 Å². The average Bonchev–Trinajstić information content (AvgIpc) is 3.33. The number of carbonyl (C=O) groups excluding carboxylic acids is 1. The van der Waals surface area contributed by atoms with Crippen LogP contribution in [-0.2, 0) is 11.2 Å². The Morgan fingerprint density at radius 2 is 1.96 bits per heavy atom. The largest absolute Gasteiger partial charge is 0.493 e. The third-order valence-corrected chi connectivity index (χ3v) is 5.90. The summed E-state index contributed by atoms with van der Waals surface area (Å²) in [7, 11) is 3.15. The molecule has 0 radical (unpaired) electrons. The van der Waals surface area contributed by atoms with E-state index in [1.807, 2.05) is 5.38 Å². The number of carbonyl (C=O) groups is 1. The van der Waals surface area contributed by atoms with E-state index in [0.717, 1.165) is 42.1 Å². The van der Waals surface area contributed by atoms with Crippen molar-refractivity contribution in [2.24, 2.45) is 0 Å². The quantitative estimate of drug-likeness (QED) is 0.587. The van der Waals surface area contributed by atoms with Crippen molar-refractivity contribution in [3.63, 3.8) is 0 Å². The maximum Gasteiger partial charge on any atom is 0.232 e. The number of benzene rings is 1. The normalized spacial score (nSPS) is 14.9. The number of methoxy groups -OCH3 is 2. The van der Waals surface area contributed by atoms with E-state index in [1.54, 1.807) is 37.7 Å². The molecule has 9 heteroatoms. The monoisotopic (exact) mass is 401 g/mol. The maximum absolute atomic E-state index is 12.4. The molecule has 2 aromatic heterocycles. The molecule has 0 unspecified atom stereocenters. The van der Waals surface area contributed by atoms with E-state index in [0.29, 0.717) is 28.9 Å². The zero-order valence-corrected chi connectivity index (χ0v) is 16.7. The van der Waals surface area contributed by atoms with Crippen LogP contribution in [0, 0.1) is 0 Å². The first kappa shape index (κ1) is 18.7. The van der Waals surface area contributed by atoms with Crippen LogP contribution < -0.4 is 20.1 Å². The van der Waals surface area contributed by atoms with Gasteiger partial charge in [-0.3, -0.25) is 10.1 Å². The summed E-state index contributed by atoms with van der Waals surface area (Å²) in [6.45, 7) is 2.06. The number of hydrogen-bond donors (Lipinski definition) is 3. The Labute approximate surface area is 166 Å². The van der Waals surface area contributed by atoms with Gasteiger partial charge in [0, 0.05) is 23.4 Å². The van der Waals surface area contributed by atoms with Crippen molar-refractivity contribution in [3.8, 4) is 11.5 Å². The summed E-state index contributed by atoms with van der Waals surface area (Å²) in [5, 5.41) is 9.28. The number of aromatic amines is 1. The summed E-state index contributed by atoms with van der Waals surface area (Å²) in [4.78, 5) is 24.6. The molecule has 1 saturated heterocycles. The number of piperidine rings is 1. The van der Waals surface area contributed by atoms with Crippen molar-refractivity contribution in [1.82, 2.24) is 20.3 Å². The van der Waals surface area contributed by atoms with Gasteiger partial charge in [-0.05, 0) is 25.9 Å². The maximum atomic E-state index is 12.4. The smallest absolute Gasteiger partial charge is 0.232 e. The highest BCUT2D eigenvalue weighted by molar-refractivity contribution is 7.09. The van der Waals surface area contributed by atoms with Gasteiger partial charge in [0.05, 0.1) is 42.4 Å². The molecular weight excluding hydrogens is 378 g/mol. The minimum Gasteiger partial charge on any atom is -0.493 e. The first-order valence-electron chi connectivity index (χ1n) is 9.23. The SMILES string of the molecule is COc1cc2nc(NC(=O)Cc3csc(C4CCNCC4)n3)[nH]c2cc1OC. The number of amides is 1. The van der Waals surface area contributed by atoms with E-state index in [4.69, 9.17) is 9.47 Å². The Morgan fingerprint density at radius 1 is 1.21 bits per heavy atom. The van der Waals surface area contributed by atoms with Gasteiger partial charge in [-0.1, -0.05) is 0 Å². The molecule has 28 heavy (non-hydrogen) atoms. The third kappa shape index (κ3) is 3.95. The van der Waals surface area contributed by atoms with Gasteiger partial charge >= 0.3 is 0 Å². The molecule has 1 aliphatic heterocycles. The summed E-state index contributed by atoms with van der Waals surface area (Å²) >= 11 is 1.65. The molecule has 0 aliphatic carbocycles. The van der Waals surface area contributed by atoms with E-state index in [1.165, 1.54) is 0 Å². The Balaban J connectivity index is 1.43. The lowest BCUT2D eigenvalue weighted by atomic mass is 9.99. The van der Waals surface area contributed by atoms with Crippen LogP contribution in [0.25, 0.3) is 11.0 Å². The van der Waals surface area contributed by atoms with Crippen LogP contribution in [0.4, 0.5) is 5.95 Å². The van der Waals surface area contributed by atoms with Crippen LogP contribution in [0.2, 0.25) is 0 Å². The Morgan fingerprint density at radius 3 is 2.71 bits per heavy atom. The fraction of sp³-hybridized carbons (Fsp3) is 0.421. The minimum absolute atomic E-state index is 0.153. The molecule has 8 nitrogen and oxygen atoms in total. The van der Waals surface area contributed by atoms with E-state index in [9.17, 15) is 4.79 Å². The lowest BCUT2D eigenvalue weighted by Gasteiger charge is -2.20. The highest BCUT2D eigenvalue weighted by Gasteiger charge is 2.19. The molecule has 0 saturated carbocycles. The van der Waals surface area contributed by atoms with E-state index >= 15 is 0 Å². The van der Waals surface area contributed by atoms with Crippen LogP contribution >= 0.6 is 11.3 Å². The van der Waals surface area contributed by atoms with Crippen molar-refractivity contribution in [2.75, 3.05) is 32.6 Å². The number of nitrogens with zero attached hydrogens (tertiary/aromatic N) is 2. The molecule has 1 fully saturated rings. The van der Waals surface area contributed by atoms with Gasteiger partial charge in [0.15, 0.2) is 11.5 Å². The number of imidazole rings is 1.